The molecule has 5 heterocycles. The molecule has 3 aromatic heterocycles. The second-order valence-electron chi connectivity index (χ2n) is 23.9. The number of hydrogen-bond acceptors (Lipinski definition) is 1. The average Bonchev–Trinajstić information content (AvgIpc) is 1.64. The Morgan fingerprint density at radius 1 is 0.236 bits per heavy atom. The number of fused-ring (bicyclic) bond motifs is 14. The van der Waals surface area contributed by atoms with Crippen LogP contribution in [0.15, 0.2) is 322 Å². The Labute approximate surface area is 515 Å². The summed E-state index contributed by atoms with van der Waals surface area (Å²) in [6.07, 6.45) is 0. The molecule has 17 aromatic rings. The molecule has 0 unspecified atom stereocenters. The van der Waals surface area contributed by atoms with Gasteiger partial charge in [-0.25, -0.2) is 0 Å². The van der Waals surface area contributed by atoms with Gasteiger partial charge in [-0.3, -0.25) is 0 Å². The Balaban J connectivity index is 0.997. The minimum absolute atomic E-state index is 0.209. The summed E-state index contributed by atoms with van der Waals surface area (Å²) in [7, 11) is 0. The highest BCUT2D eigenvalue weighted by Gasteiger charge is 2.45. The highest BCUT2D eigenvalue weighted by molar-refractivity contribution is 7.00. The zero-order valence-electron chi connectivity index (χ0n) is 48.5. The highest BCUT2D eigenvalue weighted by Crippen LogP contribution is 2.52. The Kier molecular flexibility index (Phi) is 10.8. The van der Waals surface area contributed by atoms with E-state index in [0.29, 0.717) is 0 Å². The van der Waals surface area contributed by atoms with Crippen molar-refractivity contribution in [2.24, 2.45) is 0 Å². The van der Waals surface area contributed by atoms with Gasteiger partial charge in [0.15, 0.2) is 0 Å². The monoisotopic (exact) mass is 1130 g/mol. The minimum Gasteiger partial charge on any atom is -0.310 e. The zero-order valence-corrected chi connectivity index (χ0v) is 48.5. The van der Waals surface area contributed by atoms with Crippen LogP contribution in [0.25, 0.3) is 138 Å². The van der Waals surface area contributed by atoms with Crippen molar-refractivity contribution in [2.45, 2.75) is 0 Å². The third-order valence-electron chi connectivity index (χ3n) is 19.2. The van der Waals surface area contributed by atoms with Crippen LogP contribution >= 0.6 is 0 Å². The van der Waals surface area contributed by atoms with Crippen molar-refractivity contribution < 1.29 is 0 Å². The average molecular weight is 1130 g/mol. The topological polar surface area (TPSA) is 18.0 Å². The van der Waals surface area contributed by atoms with Crippen LogP contribution in [0.3, 0.4) is 0 Å². The number of rotatable bonds is 8. The maximum absolute atomic E-state index is 2.69. The maximum atomic E-state index is 2.69. The van der Waals surface area contributed by atoms with E-state index in [2.05, 4.69) is 340 Å². The lowest BCUT2D eigenvalue weighted by molar-refractivity contribution is 1.17. The predicted molar refractivity (Wildman–Crippen MR) is 376 cm³/mol. The van der Waals surface area contributed by atoms with E-state index in [-0.39, 0.29) is 6.71 Å². The molecule has 412 valence electrons. The second kappa shape index (κ2) is 19.4. The van der Waals surface area contributed by atoms with E-state index >= 15 is 0 Å². The Morgan fingerprint density at radius 2 is 0.652 bits per heavy atom. The van der Waals surface area contributed by atoms with Gasteiger partial charge in [0.05, 0.1) is 38.8 Å². The van der Waals surface area contributed by atoms with E-state index in [9.17, 15) is 0 Å². The van der Waals surface area contributed by atoms with Crippen LogP contribution in [-0.4, -0.2) is 20.4 Å². The van der Waals surface area contributed by atoms with Crippen LogP contribution < -0.4 is 21.3 Å². The molecule has 0 saturated carbocycles. The van der Waals surface area contributed by atoms with Crippen molar-refractivity contribution >= 4 is 106 Å². The largest absolute Gasteiger partial charge is 0.310 e. The van der Waals surface area contributed by atoms with Gasteiger partial charge in [0.25, 0.3) is 6.71 Å². The molecule has 0 aliphatic carbocycles. The third kappa shape index (κ3) is 7.37. The predicted octanol–water partition coefficient (Wildman–Crippen LogP) is 19.9. The van der Waals surface area contributed by atoms with Gasteiger partial charge in [-0.05, 0) is 134 Å². The van der Waals surface area contributed by atoms with E-state index < -0.39 is 0 Å². The SMILES string of the molecule is c1ccc(-c2ccc(-c3cccc(-c4ccc(-c5ccccc5)cc4)c3N3c4cc5c6ccccc6n(-c6ccccc6)c5cc4B4c5c3cc(-c3ccccc3)cc5-n3c5ccccc5c5c6c7ccccc7n(-c7ccccc7)c6cc4c53)cc2)cc1. The first-order valence-corrected chi connectivity index (χ1v) is 30.9. The fraction of sp³-hybridized carbons (Fsp3) is 0. The number of hydrogen-bond donors (Lipinski definition) is 0. The molecule has 2 aliphatic rings. The minimum atomic E-state index is -0.209. The molecule has 89 heavy (non-hydrogen) atoms. The first-order chi connectivity index (χ1) is 44.2. The highest BCUT2D eigenvalue weighted by atomic mass is 15.2. The van der Waals surface area contributed by atoms with Gasteiger partial charge in [0.2, 0.25) is 0 Å². The van der Waals surface area contributed by atoms with Crippen LogP contribution in [0.4, 0.5) is 17.1 Å². The fourth-order valence-electron chi connectivity index (χ4n) is 15.4. The van der Waals surface area contributed by atoms with Crippen molar-refractivity contribution in [1.29, 1.82) is 0 Å². The molecule has 19 rings (SSSR count). The summed E-state index contributed by atoms with van der Waals surface area (Å²) < 4.78 is 7.66. The number of aromatic nitrogens is 3. The molecule has 0 bridgehead atoms. The molecule has 0 fully saturated rings. The molecule has 5 heteroatoms. The summed E-state index contributed by atoms with van der Waals surface area (Å²) in [5.74, 6) is 0. The fourth-order valence-corrected chi connectivity index (χ4v) is 15.4. The molecular formula is C84H53BN4. The summed E-state index contributed by atoms with van der Waals surface area (Å²) in [6.45, 7) is -0.209. The smallest absolute Gasteiger partial charge is 0.252 e. The van der Waals surface area contributed by atoms with E-state index in [1.54, 1.807) is 0 Å². The van der Waals surface area contributed by atoms with Gasteiger partial charge < -0.3 is 18.6 Å². The Hall–Kier alpha value is -11.7. The van der Waals surface area contributed by atoms with Crippen LogP contribution in [0, 0.1) is 0 Å². The van der Waals surface area contributed by atoms with Crippen LogP contribution in [0.1, 0.15) is 0 Å². The van der Waals surface area contributed by atoms with Crippen molar-refractivity contribution in [3.63, 3.8) is 0 Å². The Bertz CT molecular complexity index is 5590. The first-order valence-electron chi connectivity index (χ1n) is 30.9. The van der Waals surface area contributed by atoms with Crippen LogP contribution in [0.2, 0.25) is 0 Å². The van der Waals surface area contributed by atoms with Crippen LogP contribution in [0.5, 0.6) is 0 Å². The van der Waals surface area contributed by atoms with E-state index in [4.69, 9.17) is 0 Å². The summed E-state index contributed by atoms with van der Waals surface area (Å²) in [5, 5.41) is 7.45. The number of anilines is 3. The van der Waals surface area contributed by atoms with Crippen molar-refractivity contribution in [3.05, 3.63) is 322 Å². The summed E-state index contributed by atoms with van der Waals surface area (Å²) in [4.78, 5) is 2.69. The van der Waals surface area contributed by atoms with Gasteiger partial charge in [0.1, 0.15) is 0 Å². The molecule has 14 aromatic carbocycles. The lowest BCUT2D eigenvalue weighted by Gasteiger charge is -2.42. The number of nitrogens with zero attached hydrogens (tertiary/aromatic N) is 4. The maximum Gasteiger partial charge on any atom is 0.252 e. The van der Waals surface area contributed by atoms with Gasteiger partial charge >= 0.3 is 0 Å². The standard InChI is InChI=1S/C84H53BN4/c1-6-23-54(24-7-1)57-41-45-59(46-42-57)64-36-22-37-65(60-47-43-58(44-48-60)55-25-8-2-9-26-55)83(64)89-76-51-69-66-33-16-19-38-72(66)86(62-29-12-4-13-30-62)75(69)52-70(76)85-71-53-77-80(67-34-17-20-39-73(67)87(77)63-31-14-5-15-32-63)81-68-35-18-21-40-74(68)88(84(71)81)78-49-61(50-79(89)82(78)85)56-27-10-3-11-28-56/h1-53H. The lowest BCUT2D eigenvalue weighted by Crippen LogP contribution is -2.60. The second-order valence-corrected chi connectivity index (χ2v) is 23.9. The third-order valence-corrected chi connectivity index (χ3v) is 19.2. The molecule has 0 spiro atoms. The lowest BCUT2D eigenvalue weighted by atomic mass is 9.33. The molecule has 4 nitrogen and oxygen atoms in total. The normalized spacial score (nSPS) is 12.4. The summed E-state index contributed by atoms with van der Waals surface area (Å²) >= 11 is 0. The molecule has 0 saturated heterocycles. The molecule has 0 atom stereocenters. The van der Waals surface area contributed by atoms with E-state index in [1.807, 2.05) is 0 Å². The number of benzene rings is 14. The summed E-state index contributed by atoms with van der Waals surface area (Å²) in [5.41, 5.74) is 29.5. The molecule has 0 N–H and O–H groups in total. The number of para-hydroxylation sites is 6. The Morgan fingerprint density at radius 3 is 1.21 bits per heavy atom. The van der Waals surface area contributed by atoms with Gasteiger partial charge in [0, 0.05) is 71.9 Å². The molecular weight excluding hydrogens is 1080 g/mol. The molecule has 0 radical (unpaired) electrons. The van der Waals surface area contributed by atoms with Crippen molar-refractivity contribution in [3.8, 4) is 72.7 Å². The van der Waals surface area contributed by atoms with Crippen molar-refractivity contribution in [1.82, 2.24) is 13.7 Å². The van der Waals surface area contributed by atoms with E-state index in [0.717, 1.165) is 61.8 Å². The molecule has 0 amide bonds. The van der Waals surface area contributed by atoms with Gasteiger partial charge in [-0.15, -0.1) is 0 Å². The van der Waals surface area contributed by atoms with E-state index in [1.165, 1.54) is 110 Å². The van der Waals surface area contributed by atoms with Gasteiger partial charge in [-0.1, -0.05) is 249 Å². The zero-order chi connectivity index (χ0) is 58.3. The molecule has 2 aliphatic heterocycles. The summed E-state index contributed by atoms with van der Waals surface area (Å²) in [6, 6.07) is 120. The van der Waals surface area contributed by atoms with Gasteiger partial charge in [-0.2, -0.15) is 0 Å². The first kappa shape index (κ1) is 49.6. The quantitative estimate of drug-likeness (QED) is 0.139. The van der Waals surface area contributed by atoms with Crippen molar-refractivity contribution in [2.75, 3.05) is 4.90 Å². The van der Waals surface area contributed by atoms with Crippen LogP contribution in [-0.2, 0) is 0 Å².